The second-order valence-corrected chi connectivity index (χ2v) is 4.26. The smallest absolute Gasteiger partial charge is 0.142 e. The van der Waals surface area contributed by atoms with Crippen LogP contribution in [-0.2, 0) is 5.72 Å². The van der Waals surface area contributed by atoms with Gasteiger partial charge in [0, 0.05) is 16.6 Å². The van der Waals surface area contributed by atoms with Crippen LogP contribution in [0.3, 0.4) is 0 Å². The number of rotatable bonds is 4. The van der Waals surface area contributed by atoms with Gasteiger partial charge in [0.15, 0.2) is 0 Å². The molecule has 0 spiro atoms. The van der Waals surface area contributed by atoms with Crippen LogP contribution in [0.15, 0.2) is 22.7 Å². The fourth-order valence-corrected chi connectivity index (χ4v) is 1.61. The third-order valence-electron chi connectivity index (χ3n) is 2.04. The Morgan fingerprint density at radius 2 is 2.20 bits per heavy atom. The second-order valence-electron chi connectivity index (χ2n) is 3.35. The highest BCUT2D eigenvalue weighted by atomic mass is 79.9. The van der Waals surface area contributed by atoms with Crippen LogP contribution in [0.5, 0.6) is 0 Å². The largest absolute Gasteiger partial charge is 0.395 e. The summed E-state index contributed by atoms with van der Waals surface area (Å²) in [6.07, 6.45) is 0. The summed E-state index contributed by atoms with van der Waals surface area (Å²) in [5.74, 6) is -0.500. The van der Waals surface area contributed by atoms with E-state index < -0.39 is 11.5 Å². The Kier molecular flexibility index (Phi) is 4.21. The average Bonchev–Trinajstić information content (AvgIpc) is 2.14. The molecule has 1 rings (SSSR count). The van der Waals surface area contributed by atoms with Crippen LogP contribution < -0.4 is 5.32 Å². The van der Waals surface area contributed by atoms with Crippen LogP contribution in [0.2, 0.25) is 0 Å². The fourth-order valence-electron chi connectivity index (χ4n) is 1.28. The Balaban J connectivity index is 2.93. The van der Waals surface area contributed by atoms with Gasteiger partial charge in [-0.25, -0.2) is 4.39 Å². The van der Waals surface area contributed by atoms with Gasteiger partial charge in [0.2, 0.25) is 0 Å². The molecule has 1 aromatic carbocycles. The summed E-state index contributed by atoms with van der Waals surface area (Å²) in [6.45, 7) is 1.52. The van der Waals surface area contributed by atoms with E-state index in [0.29, 0.717) is 4.47 Å². The quantitative estimate of drug-likeness (QED) is 0.728. The van der Waals surface area contributed by atoms with Crippen molar-refractivity contribution in [2.45, 2.75) is 12.6 Å². The molecule has 3 nitrogen and oxygen atoms in total. The van der Waals surface area contributed by atoms with Crippen molar-refractivity contribution in [1.82, 2.24) is 5.32 Å². The average molecular weight is 278 g/mol. The zero-order valence-electron chi connectivity index (χ0n) is 8.30. The first-order chi connectivity index (χ1) is 6.97. The number of benzene rings is 1. The number of hydrogen-bond acceptors (Lipinski definition) is 3. The van der Waals surface area contributed by atoms with Crippen LogP contribution in [0, 0.1) is 5.82 Å². The summed E-state index contributed by atoms with van der Waals surface area (Å²) < 4.78 is 14.1. The Bertz CT molecular complexity index is 344. The van der Waals surface area contributed by atoms with E-state index in [9.17, 15) is 9.50 Å². The van der Waals surface area contributed by atoms with Crippen molar-refractivity contribution in [2.75, 3.05) is 13.2 Å². The predicted molar refractivity (Wildman–Crippen MR) is 58.8 cm³/mol. The van der Waals surface area contributed by atoms with Crippen LogP contribution in [0.4, 0.5) is 4.39 Å². The summed E-state index contributed by atoms with van der Waals surface area (Å²) in [5, 5.41) is 21.2. The lowest BCUT2D eigenvalue weighted by atomic mass is 10.0. The summed E-state index contributed by atoms with van der Waals surface area (Å²) in [5.41, 5.74) is -1.33. The van der Waals surface area contributed by atoms with E-state index in [2.05, 4.69) is 21.2 Å². The normalized spacial score (nSPS) is 15.0. The van der Waals surface area contributed by atoms with Gasteiger partial charge in [-0.1, -0.05) is 22.0 Å². The summed E-state index contributed by atoms with van der Waals surface area (Å²) >= 11 is 3.13. The molecule has 1 unspecified atom stereocenters. The first-order valence-electron chi connectivity index (χ1n) is 4.51. The molecule has 84 valence electrons. The molecule has 5 heteroatoms. The highest BCUT2D eigenvalue weighted by Gasteiger charge is 2.25. The first kappa shape index (κ1) is 12.6. The predicted octanol–water partition coefficient (Wildman–Crippen LogP) is 1.34. The van der Waals surface area contributed by atoms with E-state index in [-0.39, 0.29) is 18.7 Å². The summed E-state index contributed by atoms with van der Waals surface area (Å²) in [6, 6.07) is 4.42. The molecule has 15 heavy (non-hydrogen) atoms. The lowest BCUT2D eigenvalue weighted by Crippen LogP contribution is -2.41. The summed E-state index contributed by atoms with van der Waals surface area (Å²) in [7, 11) is 0. The van der Waals surface area contributed by atoms with Gasteiger partial charge in [0.1, 0.15) is 11.5 Å². The Hall–Kier alpha value is -0.490. The van der Waals surface area contributed by atoms with Crippen LogP contribution in [0.25, 0.3) is 0 Å². The van der Waals surface area contributed by atoms with Crippen LogP contribution in [-0.4, -0.2) is 23.4 Å². The summed E-state index contributed by atoms with van der Waals surface area (Å²) in [4.78, 5) is 0. The standard InChI is InChI=1S/C10H13BrFNO2/c1-10(15,13-4-5-14)8-3-2-7(11)6-9(8)12/h2-3,6,13-15H,4-5H2,1H3. The topological polar surface area (TPSA) is 52.5 Å². The van der Waals surface area contributed by atoms with Gasteiger partial charge in [-0.3, -0.25) is 5.32 Å². The molecule has 0 saturated carbocycles. The van der Waals surface area contributed by atoms with E-state index in [0.717, 1.165) is 0 Å². The van der Waals surface area contributed by atoms with Gasteiger partial charge < -0.3 is 10.2 Å². The van der Waals surface area contributed by atoms with E-state index in [1.807, 2.05) is 0 Å². The molecule has 0 bridgehead atoms. The van der Waals surface area contributed by atoms with Crippen molar-refractivity contribution in [1.29, 1.82) is 0 Å². The van der Waals surface area contributed by atoms with Crippen molar-refractivity contribution < 1.29 is 14.6 Å². The third kappa shape index (κ3) is 3.24. The molecule has 3 N–H and O–H groups in total. The second kappa shape index (κ2) is 5.03. The molecular formula is C10H13BrFNO2. The molecule has 0 aliphatic heterocycles. The zero-order chi connectivity index (χ0) is 11.5. The molecule has 0 aliphatic rings. The molecular weight excluding hydrogens is 265 g/mol. The minimum Gasteiger partial charge on any atom is -0.395 e. The molecule has 0 fully saturated rings. The Morgan fingerprint density at radius 1 is 1.53 bits per heavy atom. The van der Waals surface area contributed by atoms with Crippen molar-refractivity contribution in [3.8, 4) is 0 Å². The maximum absolute atomic E-state index is 13.5. The minimum absolute atomic E-state index is 0.117. The molecule has 0 heterocycles. The van der Waals surface area contributed by atoms with Crippen molar-refractivity contribution in [3.05, 3.63) is 34.1 Å². The number of aliphatic hydroxyl groups is 2. The SMILES string of the molecule is CC(O)(NCCO)c1ccc(Br)cc1F. The Labute approximate surface area is 96.1 Å². The van der Waals surface area contributed by atoms with Crippen LogP contribution >= 0.6 is 15.9 Å². The minimum atomic E-state index is -1.48. The first-order valence-corrected chi connectivity index (χ1v) is 5.30. The van der Waals surface area contributed by atoms with Crippen molar-refractivity contribution in [2.24, 2.45) is 0 Å². The van der Waals surface area contributed by atoms with Gasteiger partial charge in [-0.2, -0.15) is 0 Å². The van der Waals surface area contributed by atoms with Crippen LogP contribution in [0.1, 0.15) is 12.5 Å². The molecule has 0 amide bonds. The van der Waals surface area contributed by atoms with E-state index in [4.69, 9.17) is 5.11 Å². The molecule has 0 aliphatic carbocycles. The zero-order valence-corrected chi connectivity index (χ0v) is 9.88. The molecule has 0 saturated heterocycles. The molecule has 0 aromatic heterocycles. The maximum Gasteiger partial charge on any atom is 0.142 e. The molecule has 1 atom stereocenters. The van der Waals surface area contributed by atoms with Gasteiger partial charge in [0.05, 0.1) is 6.61 Å². The van der Waals surface area contributed by atoms with Gasteiger partial charge >= 0.3 is 0 Å². The lowest BCUT2D eigenvalue weighted by Gasteiger charge is -2.25. The third-order valence-corrected chi connectivity index (χ3v) is 2.53. The maximum atomic E-state index is 13.5. The number of hydrogen-bond donors (Lipinski definition) is 3. The highest BCUT2D eigenvalue weighted by molar-refractivity contribution is 9.10. The number of nitrogens with one attached hydrogen (secondary N) is 1. The van der Waals surface area contributed by atoms with Crippen molar-refractivity contribution >= 4 is 15.9 Å². The molecule has 0 radical (unpaired) electrons. The number of aliphatic hydroxyl groups excluding tert-OH is 1. The lowest BCUT2D eigenvalue weighted by molar-refractivity contribution is 0.0126. The Morgan fingerprint density at radius 3 is 2.73 bits per heavy atom. The highest BCUT2D eigenvalue weighted by Crippen LogP contribution is 2.23. The van der Waals surface area contributed by atoms with E-state index in [1.165, 1.54) is 19.1 Å². The van der Waals surface area contributed by atoms with Crippen molar-refractivity contribution in [3.63, 3.8) is 0 Å². The van der Waals surface area contributed by atoms with Gasteiger partial charge in [-0.15, -0.1) is 0 Å². The van der Waals surface area contributed by atoms with Gasteiger partial charge in [0.25, 0.3) is 0 Å². The van der Waals surface area contributed by atoms with E-state index >= 15 is 0 Å². The van der Waals surface area contributed by atoms with E-state index in [1.54, 1.807) is 6.07 Å². The fraction of sp³-hybridized carbons (Fsp3) is 0.400. The monoisotopic (exact) mass is 277 g/mol. The number of halogens is 2. The molecule has 1 aromatic rings. The van der Waals surface area contributed by atoms with Gasteiger partial charge in [-0.05, 0) is 19.1 Å².